The molecular weight excluding hydrogens is 237 g/mol. The molecule has 0 bridgehead atoms. The van der Waals surface area contributed by atoms with E-state index in [-0.39, 0.29) is 11.9 Å². The molecule has 0 amide bonds. The first kappa shape index (κ1) is 13.8. The van der Waals surface area contributed by atoms with Gasteiger partial charge in [0.2, 0.25) is 0 Å². The summed E-state index contributed by atoms with van der Waals surface area (Å²) in [5.74, 6) is -0.168. The van der Waals surface area contributed by atoms with Crippen molar-refractivity contribution in [1.29, 1.82) is 0 Å². The molecule has 19 heavy (non-hydrogen) atoms. The van der Waals surface area contributed by atoms with Gasteiger partial charge in [-0.25, -0.2) is 4.39 Å². The molecule has 1 atom stereocenters. The third kappa shape index (κ3) is 3.21. The Kier molecular flexibility index (Phi) is 4.33. The van der Waals surface area contributed by atoms with Gasteiger partial charge in [-0.2, -0.15) is 0 Å². The van der Waals surface area contributed by atoms with Gasteiger partial charge in [0, 0.05) is 6.04 Å². The van der Waals surface area contributed by atoms with E-state index >= 15 is 0 Å². The predicted molar refractivity (Wildman–Crippen MR) is 77.8 cm³/mol. The quantitative estimate of drug-likeness (QED) is 0.874. The Morgan fingerprint density at radius 3 is 2.42 bits per heavy atom. The summed E-state index contributed by atoms with van der Waals surface area (Å²) in [5.41, 5.74) is 4.77. The first-order valence-corrected chi connectivity index (χ1v) is 6.59. The summed E-state index contributed by atoms with van der Waals surface area (Å²) in [6.45, 7) is 4.08. The molecule has 2 aromatic rings. The minimum Gasteiger partial charge on any atom is -0.313 e. The maximum absolute atomic E-state index is 13.1. The lowest BCUT2D eigenvalue weighted by atomic mass is 9.93. The van der Waals surface area contributed by atoms with Crippen LogP contribution in [-0.4, -0.2) is 7.05 Å². The van der Waals surface area contributed by atoms with Gasteiger partial charge >= 0.3 is 0 Å². The molecular formula is C17H20FN. The molecule has 0 aliphatic rings. The molecule has 100 valence electrons. The van der Waals surface area contributed by atoms with E-state index in [0.717, 1.165) is 12.0 Å². The molecule has 0 radical (unpaired) electrons. The zero-order chi connectivity index (χ0) is 13.8. The number of rotatable bonds is 4. The Morgan fingerprint density at radius 1 is 1.05 bits per heavy atom. The molecule has 1 nitrogen and oxygen atoms in total. The van der Waals surface area contributed by atoms with Crippen molar-refractivity contribution in [1.82, 2.24) is 5.32 Å². The lowest BCUT2D eigenvalue weighted by Crippen LogP contribution is -2.20. The van der Waals surface area contributed by atoms with E-state index in [1.807, 2.05) is 20.0 Å². The first-order chi connectivity index (χ1) is 9.11. The minimum absolute atomic E-state index is 0.168. The second kappa shape index (κ2) is 5.98. The number of benzene rings is 2. The average molecular weight is 257 g/mol. The fourth-order valence-electron chi connectivity index (χ4n) is 2.45. The van der Waals surface area contributed by atoms with E-state index in [2.05, 4.69) is 36.5 Å². The van der Waals surface area contributed by atoms with Crippen molar-refractivity contribution >= 4 is 0 Å². The Bertz CT molecular complexity index is 563. The van der Waals surface area contributed by atoms with Crippen LogP contribution >= 0.6 is 0 Å². The first-order valence-electron chi connectivity index (χ1n) is 6.59. The van der Waals surface area contributed by atoms with Gasteiger partial charge in [0.1, 0.15) is 5.82 Å². The van der Waals surface area contributed by atoms with Crippen LogP contribution in [0.1, 0.15) is 28.3 Å². The smallest absolute Gasteiger partial charge is 0.123 e. The van der Waals surface area contributed by atoms with Crippen LogP contribution < -0.4 is 5.32 Å². The molecule has 1 unspecified atom stereocenters. The standard InChI is InChI=1S/C17H20FN/c1-12-6-4-5-7-16(12)17(19-3)11-14-8-9-15(18)10-13(14)2/h4-10,17,19H,11H2,1-3H3. The van der Waals surface area contributed by atoms with Gasteiger partial charge in [0.25, 0.3) is 0 Å². The molecule has 1 N–H and O–H groups in total. The van der Waals surface area contributed by atoms with Crippen LogP contribution in [0.3, 0.4) is 0 Å². The summed E-state index contributed by atoms with van der Waals surface area (Å²) in [4.78, 5) is 0. The van der Waals surface area contributed by atoms with Crippen LogP contribution in [0.4, 0.5) is 4.39 Å². The third-order valence-electron chi connectivity index (χ3n) is 3.64. The fourth-order valence-corrected chi connectivity index (χ4v) is 2.45. The number of hydrogen-bond acceptors (Lipinski definition) is 1. The van der Waals surface area contributed by atoms with E-state index < -0.39 is 0 Å². The summed E-state index contributed by atoms with van der Waals surface area (Å²) >= 11 is 0. The summed E-state index contributed by atoms with van der Waals surface area (Å²) in [6, 6.07) is 13.6. The van der Waals surface area contributed by atoms with Crippen molar-refractivity contribution in [3.05, 3.63) is 70.5 Å². The highest BCUT2D eigenvalue weighted by atomic mass is 19.1. The van der Waals surface area contributed by atoms with Crippen molar-refractivity contribution in [2.75, 3.05) is 7.05 Å². The SMILES string of the molecule is CNC(Cc1ccc(F)cc1C)c1ccccc1C. The maximum Gasteiger partial charge on any atom is 0.123 e. The van der Waals surface area contributed by atoms with Crippen molar-refractivity contribution in [2.45, 2.75) is 26.3 Å². The van der Waals surface area contributed by atoms with Crippen LogP contribution in [0.15, 0.2) is 42.5 Å². The number of likely N-dealkylation sites (N-methyl/N-ethyl adjacent to an activating group) is 1. The molecule has 0 aromatic heterocycles. The molecule has 0 saturated heterocycles. The number of halogens is 1. The maximum atomic E-state index is 13.1. The topological polar surface area (TPSA) is 12.0 Å². The summed E-state index contributed by atoms with van der Waals surface area (Å²) < 4.78 is 13.1. The average Bonchev–Trinajstić information content (AvgIpc) is 2.39. The zero-order valence-electron chi connectivity index (χ0n) is 11.7. The van der Waals surface area contributed by atoms with E-state index in [0.29, 0.717) is 0 Å². The van der Waals surface area contributed by atoms with E-state index in [4.69, 9.17) is 0 Å². The Labute approximate surface area is 114 Å². The van der Waals surface area contributed by atoms with Crippen LogP contribution in [-0.2, 0) is 6.42 Å². The molecule has 2 rings (SSSR count). The van der Waals surface area contributed by atoms with Gasteiger partial charge in [0.15, 0.2) is 0 Å². The molecule has 2 heteroatoms. The second-order valence-corrected chi connectivity index (χ2v) is 4.97. The second-order valence-electron chi connectivity index (χ2n) is 4.97. The van der Waals surface area contributed by atoms with Gasteiger partial charge in [-0.15, -0.1) is 0 Å². The Morgan fingerprint density at radius 2 is 1.79 bits per heavy atom. The normalized spacial score (nSPS) is 12.4. The van der Waals surface area contributed by atoms with Crippen LogP contribution in [0.2, 0.25) is 0 Å². The molecule has 0 heterocycles. The minimum atomic E-state index is -0.168. The van der Waals surface area contributed by atoms with Crippen molar-refractivity contribution in [3.63, 3.8) is 0 Å². The van der Waals surface area contributed by atoms with Crippen molar-refractivity contribution in [2.24, 2.45) is 0 Å². The number of nitrogens with one attached hydrogen (secondary N) is 1. The van der Waals surface area contributed by atoms with Crippen LogP contribution in [0.25, 0.3) is 0 Å². The lowest BCUT2D eigenvalue weighted by molar-refractivity contribution is 0.584. The molecule has 0 spiro atoms. The predicted octanol–water partition coefficient (Wildman–Crippen LogP) is 3.95. The van der Waals surface area contributed by atoms with Gasteiger partial charge < -0.3 is 5.32 Å². The van der Waals surface area contributed by atoms with Gasteiger partial charge in [-0.3, -0.25) is 0 Å². The third-order valence-corrected chi connectivity index (χ3v) is 3.64. The highest BCUT2D eigenvalue weighted by Crippen LogP contribution is 2.23. The highest BCUT2D eigenvalue weighted by molar-refractivity contribution is 5.33. The van der Waals surface area contributed by atoms with E-state index in [1.165, 1.54) is 22.8 Å². The van der Waals surface area contributed by atoms with Gasteiger partial charge in [-0.1, -0.05) is 30.3 Å². The van der Waals surface area contributed by atoms with Crippen LogP contribution in [0, 0.1) is 19.7 Å². The Balaban J connectivity index is 2.27. The van der Waals surface area contributed by atoms with Crippen molar-refractivity contribution in [3.8, 4) is 0 Å². The van der Waals surface area contributed by atoms with E-state index in [9.17, 15) is 4.39 Å². The molecule has 0 fully saturated rings. The molecule has 2 aromatic carbocycles. The van der Waals surface area contributed by atoms with E-state index in [1.54, 1.807) is 6.07 Å². The lowest BCUT2D eigenvalue weighted by Gasteiger charge is -2.20. The molecule has 0 aliphatic heterocycles. The van der Waals surface area contributed by atoms with Gasteiger partial charge in [0.05, 0.1) is 0 Å². The Hall–Kier alpha value is -1.67. The highest BCUT2D eigenvalue weighted by Gasteiger charge is 2.13. The monoisotopic (exact) mass is 257 g/mol. The zero-order valence-corrected chi connectivity index (χ0v) is 11.7. The van der Waals surface area contributed by atoms with Crippen molar-refractivity contribution < 1.29 is 4.39 Å². The van der Waals surface area contributed by atoms with Crippen LogP contribution in [0.5, 0.6) is 0 Å². The molecule has 0 aliphatic carbocycles. The van der Waals surface area contributed by atoms with Gasteiger partial charge in [-0.05, 0) is 61.7 Å². The largest absolute Gasteiger partial charge is 0.313 e. The summed E-state index contributed by atoms with van der Waals surface area (Å²) in [5, 5.41) is 3.36. The number of hydrogen-bond donors (Lipinski definition) is 1. The number of aryl methyl sites for hydroxylation is 2. The molecule has 0 saturated carbocycles. The summed E-state index contributed by atoms with van der Waals surface area (Å²) in [7, 11) is 1.97. The summed E-state index contributed by atoms with van der Waals surface area (Å²) in [6.07, 6.45) is 0.869. The fraction of sp³-hybridized carbons (Fsp3) is 0.294.